The largest absolute Gasteiger partial charge is 0.357 e. The van der Waals surface area contributed by atoms with Gasteiger partial charge in [-0.3, -0.25) is 4.90 Å². The van der Waals surface area contributed by atoms with E-state index in [0.29, 0.717) is 0 Å². The van der Waals surface area contributed by atoms with Gasteiger partial charge in [-0.15, -0.1) is 0 Å². The molecular weight excluding hydrogens is 310 g/mol. The van der Waals surface area contributed by atoms with Crippen LogP contribution < -0.4 is 9.80 Å². The van der Waals surface area contributed by atoms with E-state index in [9.17, 15) is 0 Å². The molecule has 0 saturated heterocycles. The topological polar surface area (TPSA) is 35.5 Å². The van der Waals surface area contributed by atoms with Crippen LogP contribution >= 0.6 is 0 Å². The van der Waals surface area contributed by atoms with Gasteiger partial charge in [0.1, 0.15) is 5.82 Å². The van der Waals surface area contributed by atoms with Crippen molar-refractivity contribution >= 4 is 11.8 Å². The Morgan fingerprint density at radius 3 is 2.40 bits per heavy atom. The van der Waals surface area contributed by atoms with E-state index in [1.807, 2.05) is 19.0 Å². The molecule has 0 aliphatic carbocycles. The lowest BCUT2D eigenvalue weighted by Crippen LogP contribution is -2.34. The highest BCUT2D eigenvalue weighted by Crippen LogP contribution is 2.29. The molecule has 134 valence electrons. The molecule has 5 nitrogen and oxygen atoms in total. The maximum absolute atomic E-state index is 4.88. The van der Waals surface area contributed by atoms with Gasteiger partial charge in [0.05, 0.1) is 5.69 Å². The Kier molecular flexibility index (Phi) is 5.53. The van der Waals surface area contributed by atoms with Gasteiger partial charge in [-0.1, -0.05) is 30.3 Å². The van der Waals surface area contributed by atoms with Crippen molar-refractivity contribution < 1.29 is 0 Å². The second-order valence-corrected chi connectivity index (χ2v) is 6.79. The van der Waals surface area contributed by atoms with E-state index >= 15 is 0 Å². The lowest BCUT2D eigenvalue weighted by atomic mass is 10.0. The highest BCUT2D eigenvalue weighted by atomic mass is 15.3. The second kappa shape index (κ2) is 7.83. The summed E-state index contributed by atoms with van der Waals surface area (Å²) in [7, 11) is 4.02. The van der Waals surface area contributed by atoms with Crippen LogP contribution in [-0.2, 0) is 19.5 Å². The van der Waals surface area contributed by atoms with E-state index in [2.05, 4.69) is 54.0 Å². The summed E-state index contributed by atoms with van der Waals surface area (Å²) >= 11 is 0. The third-order valence-corrected chi connectivity index (χ3v) is 4.82. The van der Waals surface area contributed by atoms with Crippen LogP contribution in [0.2, 0.25) is 0 Å². The standard InChI is InChI=1S/C20H29N5/c1-5-25(6-2)19-17-15-24(14-16-10-8-7-9-11-16)13-12-18(17)21-20(22-19)23(3)4/h7-11H,5-6,12-15H2,1-4H3. The van der Waals surface area contributed by atoms with Gasteiger partial charge in [0.15, 0.2) is 0 Å². The number of hydrogen-bond acceptors (Lipinski definition) is 5. The molecule has 0 saturated carbocycles. The summed E-state index contributed by atoms with van der Waals surface area (Å²) in [5.74, 6) is 1.92. The Morgan fingerprint density at radius 2 is 1.76 bits per heavy atom. The molecule has 0 fully saturated rings. The number of hydrogen-bond donors (Lipinski definition) is 0. The summed E-state index contributed by atoms with van der Waals surface area (Å²) in [6.45, 7) is 9.26. The lowest BCUT2D eigenvalue weighted by Gasteiger charge is -2.33. The molecule has 0 N–H and O–H groups in total. The molecule has 0 radical (unpaired) electrons. The van der Waals surface area contributed by atoms with Gasteiger partial charge in [-0.2, -0.15) is 4.98 Å². The van der Waals surface area contributed by atoms with Gasteiger partial charge in [-0.05, 0) is 19.4 Å². The number of nitrogens with zero attached hydrogens (tertiary/aromatic N) is 5. The number of benzene rings is 1. The minimum absolute atomic E-state index is 0.817. The van der Waals surface area contributed by atoms with Crippen molar-refractivity contribution in [3.8, 4) is 0 Å². The molecule has 3 rings (SSSR count). The Morgan fingerprint density at radius 1 is 1.04 bits per heavy atom. The highest BCUT2D eigenvalue weighted by Gasteiger charge is 2.25. The number of anilines is 2. The van der Waals surface area contributed by atoms with Crippen LogP contribution in [0.15, 0.2) is 30.3 Å². The van der Waals surface area contributed by atoms with Crippen molar-refractivity contribution in [2.75, 3.05) is 43.5 Å². The van der Waals surface area contributed by atoms with Crippen molar-refractivity contribution in [3.05, 3.63) is 47.2 Å². The number of aromatic nitrogens is 2. The fourth-order valence-corrected chi connectivity index (χ4v) is 3.40. The highest BCUT2D eigenvalue weighted by molar-refractivity contribution is 5.54. The molecule has 2 aromatic rings. The maximum Gasteiger partial charge on any atom is 0.227 e. The Bertz CT molecular complexity index is 695. The van der Waals surface area contributed by atoms with E-state index < -0.39 is 0 Å². The first-order chi connectivity index (χ1) is 12.1. The third-order valence-electron chi connectivity index (χ3n) is 4.82. The zero-order valence-electron chi connectivity index (χ0n) is 15.9. The first-order valence-corrected chi connectivity index (χ1v) is 9.20. The van der Waals surface area contributed by atoms with Crippen LogP contribution in [0.1, 0.15) is 30.7 Å². The molecule has 25 heavy (non-hydrogen) atoms. The van der Waals surface area contributed by atoms with E-state index in [0.717, 1.165) is 50.9 Å². The van der Waals surface area contributed by atoms with Gasteiger partial charge in [0.2, 0.25) is 5.95 Å². The average Bonchev–Trinajstić information content (AvgIpc) is 2.63. The van der Waals surface area contributed by atoms with Crippen molar-refractivity contribution in [3.63, 3.8) is 0 Å². The van der Waals surface area contributed by atoms with Crippen molar-refractivity contribution in [1.82, 2.24) is 14.9 Å². The second-order valence-electron chi connectivity index (χ2n) is 6.79. The molecule has 0 unspecified atom stereocenters. The first-order valence-electron chi connectivity index (χ1n) is 9.20. The van der Waals surface area contributed by atoms with Crippen LogP contribution in [-0.4, -0.2) is 48.6 Å². The minimum atomic E-state index is 0.817. The SMILES string of the molecule is CCN(CC)c1nc(N(C)C)nc2c1CN(Cc1ccccc1)CC2. The molecule has 2 heterocycles. The van der Waals surface area contributed by atoms with Gasteiger partial charge >= 0.3 is 0 Å². The number of fused-ring (bicyclic) bond motifs is 1. The zero-order chi connectivity index (χ0) is 17.8. The Labute approximate surface area is 151 Å². The van der Waals surface area contributed by atoms with Gasteiger partial charge in [-0.25, -0.2) is 4.98 Å². The molecule has 0 bridgehead atoms. The van der Waals surface area contributed by atoms with Gasteiger partial charge in [0.25, 0.3) is 0 Å². The van der Waals surface area contributed by atoms with Crippen LogP contribution in [0, 0.1) is 0 Å². The summed E-state index contributed by atoms with van der Waals surface area (Å²) < 4.78 is 0. The quantitative estimate of drug-likeness (QED) is 0.808. The summed E-state index contributed by atoms with van der Waals surface area (Å²) in [6, 6.07) is 10.7. The Balaban J connectivity index is 1.91. The van der Waals surface area contributed by atoms with Crippen LogP contribution in [0.3, 0.4) is 0 Å². The van der Waals surface area contributed by atoms with E-state index in [1.165, 1.54) is 16.8 Å². The van der Waals surface area contributed by atoms with Crippen molar-refractivity contribution in [1.29, 1.82) is 0 Å². The number of rotatable bonds is 6. The van der Waals surface area contributed by atoms with Crippen molar-refractivity contribution in [2.24, 2.45) is 0 Å². The molecule has 0 atom stereocenters. The monoisotopic (exact) mass is 339 g/mol. The van der Waals surface area contributed by atoms with E-state index in [-0.39, 0.29) is 0 Å². The maximum atomic E-state index is 4.88. The summed E-state index contributed by atoms with van der Waals surface area (Å²) in [5.41, 5.74) is 3.88. The predicted molar refractivity (Wildman–Crippen MR) is 104 cm³/mol. The zero-order valence-corrected chi connectivity index (χ0v) is 15.9. The third kappa shape index (κ3) is 3.93. The summed E-state index contributed by atoms with van der Waals surface area (Å²) in [4.78, 5) is 16.6. The lowest BCUT2D eigenvalue weighted by molar-refractivity contribution is 0.243. The normalized spacial score (nSPS) is 14.2. The minimum Gasteiger partial charge on any atom is -0.357 e. The average molecular weight is 339 g/mol. The van der Waals surface area contributed by atoms with Crippen molar-refractivity contribution in [2.45, 2.75) is 33.4 Å². The molecule has 0 spiro atoms. The molecule has 0 amide bonds. The Hall–Kier alpha value is -2.14. The van der Waals surface area contributed by atoms with Gasteiger partial charge in [0, 0.05) is 58.8 Å². The fourth-order valence-electron chi connectivity index (χ4n) is 3.40. The van der Waals surface area contributed by atoms with Crippen LogP contribution in [0.25, 0.3) is 0 Å². The molecular formula is C20H29N5. The molecule has 1 aromatic carbocycles. The van der Waals surface area contributed by atoms with Crippen LogP contribution in [0.5, 0.6) is 0 Å². The summed E-state index contributed by atoms with van der Waals surface area (Å²) in [6.07, 6.45) is 0.986. The molecule has 1 aromatic heterocycles. The fraction of sp³-hybridized carbons (Fsp3) is 0.500. The molecule has 1 aliphatic rings. The van der Waals surface area contributed by atoms with Gasteiger partial charge < -0.3 is 9.80 Å². The molecule has 5 heteroatoms. The van der Waals surface area contributed by atoms with Crippen LogP contribution in [0.4, 0.5) is 11.8 Å². The predicted octanol–water partition coefficient (Wildman–Crippen LogP) is 2.95. The summed E-state index contributed by atoms with van der Waals surface area (Å²) in [5, 5.41) is 0. The van der Waals surface area contributed by atoms with E-state index in [1.54, 1.807) is 0 Å². The molecule has 1 aliphatic heterocycles. The smallest absolute Gasteiger partial charge is 0.227 e. The van der Waals surface area contributed by atoms with E-state index in [4.69, 9.17) is 9.97 Å². The first kappa shape index (κ1) is 17.7.